The molecule has 0 aromatic carbocycles. The molecule has 0 atom stereocenters. The molecule has 0 spiro atoms. The maximum absolute atomic E-state index is 13.1. The minimum Gasteiger partial charge on any atom is -0.360 e. The van der Waals surface area contributed by atoms with Crippen LogP contribution in [0, 0.1) is 12.7 Å². The summed E-state index contributed by atoms with van der Waals surface area (Å²) in [5.41, 5.74) is 0. The molecule has 0 fully saturated rings. The van der Waals surface area contributed by atoms with Gasteiger partial charge in [-0.25, -0.2) is 9.97 Å². The second-order valence-corrected chi connectivity index (χ2v) is 2.95. The van der Waals surface area contributed by atoms with Crippen LogP contribution >= 0.6 is 11.6 Å². The van der Waals surface area contributed by atoms with Crippen molar-refractivity contribution in [2.45, 2.75) is 6.92 Å². The molecule has 0 aliphatic rings. The van der Waals surface area contributed by atoms with Crippen LogP contribution in [-0.4, -0.2) is 24.1 Å². The van der Waals surface area contributed by atoms with Gasteiger partial charge < -0.3 is 4.90 Å². The van der Waals surface area contributed by atoms with Crippen LogP contribution in [0.3, 0.4) is 0 Å². The number of aromatic nitrogens is 2. The molecule has 0 N–H and O–H groups in total. The Kier molecular flexibility index (Phi) is 2.47. The van der Waals surface area contributed by atoms with E-state index in [-0.39, 0.29) is 11.0 Å². The van der Waals surface area contributed by atoms with Gasteiger partial charge in [-0.1, -0.05) is 11.6 Å². The Morgan fingerprint density at radius 1 is 1.33 bits per heavy atom. The topological polar surface area (TPSA) is 29.0 Å². The molecule has 1 aromatic rings. The summed E-state index contributed by atoms with van der Waals surface area (Å²) in [6.45, 7) is 1.66. The van der Waals surface area contributed by atoms with Gasteiger partial charge in [0.05, 0.1) is 0 Å². The van der Waals surface area contributed by atoms with Gasteiger partial charge >= 0.3 is 0 Å². The lowest BCUT2D eigenvalue weighted by atomic mass is 10.5. The Morgan fingerprint density at radius 3 is 2.42 bits per heavy atom. The minimum absolute atomic E-state index is 0.133. The number of halogens is 2. The molecule has 0 aliphatic carbocycles. The summed E-state index contributed by atoms with van der Waals surface area (Å²) in [6, 6.07) is 0. The standard InChI is InChI=1S/C7H9ClFN3/c1-4-10-6(8)5(9)7(11-4)12(2)3/h1-3H3. The molecular weight excluding hydrogens is 181 g/mol. The molecule has 1 aromatic heterocycles. The van der Waals surface area contributed by atoms with Crippen molar-refractivity contribution < 1.29 is 4.39 Å². The van der Waals surface area contributed by atoms with Crippen molar-refractivity contribution in [1.29, 1.82) is 0 Å². The molecule has 1 heterocycles. The van der Waals surface area contributed by atoms with Crippen LogP contribution in [0.25, 0.3) is 0 Å². The predicted octanol–water partition coefficient (Wildman–Crippen LogP) is 1.64. The number of rotatable bonds is 1. The SMILES string of the molecule is Cc1nc(Cl)c(F)c(N(C)C)n1. The van der Waals surface area contributed by atoms with Gasteiger partial charge in [-0.3, -0.25) is 0 Å². The number of nitrogens with zero attached hydrogens (tertiary/aromatic N) is 3. The van der Waals surface area contributed by atoms with Crippen molar-refractivity contribution in [3.63, 3.8) is 0 Å². The fourth-order valence-electron chi connectivity index (χ4n) is 0.807. The number of aryl methyl sites for hydroxylation is 1. The molecule has 0 bridgehead atoms. The molecule has 12 heavy (non-hydrogen) atoms. The van der Waals surface area contributed by atoms with E-state index in [1.807, 2.05) is 0 Å². The zero-order valence-corrected chi connectivity index (χ0v) is 7.85. The third-order valence-corrected chi connectivity index (χ3v) is 1.58. The van der Waals surface area contributed by atoms with Crippen molar-refractivity contribution in [2.24, 2.45) is 0 Å². The molecule has 3 nitrogen and oxygen atoms in total. The average molecular weight is 190 g/mol. The lowest BCUT2D eigenvalue weighted by Gasteiger charge is -2.12. The summed E-state index contributed by atoms with van der Waals surface area (Å²) in [6.07, 6.45) is 0. The second kappa shape index (κ2) is 3.23. The fraction of sp³-hybridized carbons (Fsp3) is 0.429. The van der Waals surface area contributed by atoms with Crippen molar-refractivity contribution in [1.82, 2.24) is 9.97 Å². The van der Waals surface area contributed by atoms with Gasteiger partial charge in [0.1, 0.15) is 5.82 Å². The van der Waals surface area contributed by atoms with Gasteiger partial charge in [-0.05, 0) is 6.92 Å². The highest BCUT2D eigenvalue weighted by atomic mass is 35.5. The first-order valence-electron chi connectivity index (χ1n) is 3.39. The van der Waals surface area contributed by atoms with Gasteiger partial charge in [0.25, 0.3) is 0 Å². The summed E-state index contributed by atoms with van der Waals surface area (Å²) >= 11 is 5.51. The summed E-state index contributed by atoms with van der Waals surface area (Å²) in [7, 11) is 3.39. The quantitative estimate of drug-likeness (QED) is 0.629. The molecule has 0 radical (unpaired) electrons. The number of anilines is 1. The van der Waals surface area contributed by atoms with Crippen LogP contribution in [0.15, 0.2) is 0 Å². The summed E-state index contributed by atoms with van der Waals surface area (Å²) in [5, 5.41) is -0.133. The van der Waals surface area contributed by atoms with Gasteiger partial charge in [0.2, 0.25) is 5.82 Å². The summed E-state index contributed by atoms with van der Waals surface area (Å²) < 4.78 is 13.1. The van der Waals surface area contributed by atoms with E-state index in [2.05, 4.69) is 9.97 Å². The smallest absolute Gasteiger partial charge is 0.202 e. The fourth-order valence-corrected chi connectivity index (χ4v) is 1.01. The van der Waals surface area contributed by atoms with Crippen molar-refractivity contribution in [2.75, 3.05) is 19.0 Å². The Labute approximate surface area is 75.2 Å². The van der Waals surface area contributed by atoms with E-state index >= 15 is 0 Å². The zero-order chi connectivity index (χ0) is 9.30. The second-order valence-electron chi connectivity index (χ2n) is 2.59. The lowest BCUT2D eigenvalue weighted by molar-refractivity contribution is 0.609. The van der Waals surface area contributed by atoms with E-state index in [0.29, 0.717) is 5.82 Å². The van der Waals surface area contributed by atoms with E-state index in [0.717, 1.165) is 0 Å². The highest BCUT2D eigenvalue weighted by molar-refractivity contribution is 6.29. The Hall–Kier alpha value is -0.900. The molecule has 5 heteroatoms. The largest absolute Gasteiger partial charge is 0.360 e. The maximum atomic E-state index is 13.1. The van der Waals surface area contributed by atoms with Crippen LogP contribution in [-0.2, 0) is 0 Å². The highest BCUT2D eigenvalue weighted by Gasteiger charge is 2.11. The Morgan fingerprint density at radius 2 is 1.92 bits per heavy atom. The molecular formula is C7H9ClFN3. The van der Waals surface area contributed by atoms with Crippen LogP contribution in [0.5, 0.6) is 0 Å². The van der Waals surface area contributed by atoms with Crippen LogP contribution in [0.2, 0.25) is 5.15 Å². The molecule has 0 saturated heterocycles. The van der Waals surface area contributed by atoms with E-state index in [4.69, 9.17) is 11.6 Å². The zero-order valence-electron chi connectivity index (χ0n) is 7.10. The van der Waals surface area contributed by atoms with Crippen molar-refractivity contribution >= 4 is 17.4 Å². The first kappa shape index (κ1) is 9.19. The molecule has 1 rings (SSSR count). The monoisotopic (exact) mass is 189 g/mol. The molecule has 0 amide bonds. The summed E-state index contributed by atoms with van der Waals surface area (Å²) in [4.78, 5) is 9.11. The van der Waals surface area contributed by atoms with Gasteiger partial charge in [-0.2, -0.15) is 4.39 Å². The molecule has 66 valence electrons. The molecule has 0 aliphatic heterocycles. The highest BCUT2D eigenvalue weighted by Crippen LogP contribution is 2.20. The van der Waals surface area contributed by atoms with Crippen LogP contribution < -0.4 is 4.90 Å². The maximum Gasteiger partial charge on any atom is 0.202 e. The average Bonchev–Trinajstić information content (AvgIpc) is 1.96. The van der Waals surface area contributed by atoms with E-state index in [1.54, 1.807) is 25.9 Å². The molecule has 0 unspecified atom stereocenters. The predicted molar refractivity (Wildman–Crippen MR) is 46.1 cm³/mol. The van der Waals surface area contributed by atoms with Gasteiger partial charge in [0.15, 0.2) is 11.0 Å². The normalized spacial score (nSPS) is 10.1. The number of hydrogen-bond acceptors (Lipinski definition) is 3. The lowest BCUT2D eigenvalue weighted by Crippen LogP contribution is -2.14. The van der Waals surface area contributed by atoms with Crippen LogP contribution in [0.1, 0.15) is 5.82 Å². The van der Waals surface area contributed by atoms with Crippen LogP contribution in [0.4, 0.5) is 10.2 Å². The van der Waals surface area contributed by atoms with Crippen molar-refractivity contribution in [3.8, 4) is 0 Å². The number of hydrogen-bond donors (Lipinski definition) is 0. The third-order valence-electron chi connectivity index (χ3n) is 1.33. The van der Waals surface area contributed by atoms with Gasteiger partial charge in [-0.15, -0.1) is 0 Å². The minimum atomic E-state index is -0.577. The van der Waals surface area contributed by atoms with Crippen molar-refractivity contribution in [3.05, 3.63) is 16.8 Å². The van der Waals surface area contributed by atoms with E-state index in [9.17, 15) is 4.39 Å². The third kappa shape index (κ3) is 1.64. The first-order valence-corrected chi connectivity index (χ1v) is 3.77. The molecule has 0 saturated carbocycles. The summed E-state index contributed by atoms with van der Waals surface area (Å²) in [5.74, 6) is 0.102. The first-order chi connectivity index (χ1) is 5.52. The van der Waals surface area contributed by atoms with Gasteiger partial charge in [0, 0.05) is 14.1 Å². The van der Waals surface area contributed by atoms with E-state index in [1.165, 1.54) is 0 Å². The Balaban J connectivity index is 3.28. The van der Waals surface area contributed by atoms with E-state index < -0.39 is 5.82 Å². The Bertz CT molecular complexity index is 301.